The van der Waals surface area contributed by atoms with Crippen molar-refractivity contribution < 1.29 is 4.74 Å². The first-order chi connectivity index (χ1) is 10.2. The minimum absolute atomic E-state index is 0.251. The molecule has 2 aliphatic carbocycles. The van der Waals surface area contributed by atoms with Gasteiger partial charge in [0.1, 0.15) is 5.60 Å². The fourth-order valence-electron chi connectivity index (χ4n) is 4.08. The molecule has 1 N–H and O–H groups in total. The molecule has 114 valence electrons. The van der Waals surface area contributed by atoms with E-state index in [0.29, 0.717) is 11.8 Å². The smallest absolute Gasteiger partial charge is 0.160 e. The molecule has 4 heteroatoms. The van der Waals surface area contributed by atoms with Crippen molar-refractivity contribution in [1.29, 1.82) is 0 Å². The highest BCUT2D eigenvalue weighted by molar-refractivity contribution is 5.34. The minimum atomic E-state index is -0.251. The summed E-state index contributed by atoms with van der Waals surface area (Å²) in [6, 6.07) is 0. The first kappa shape index (κ1) is 13.6. The number of methoxy groups -OCH3 is 1. The predicted octanol–water partition coefficient (Wildman–Crippen LogP) is 3.01. The molecule has 1 aromatic heterocycles. The van der Waals surface area contributed by atoms with Gasteiger partial charge >= 0.3 is 0 Å². The first-order valence-electron chi connectivity index (χ1n) is 8.38. The molecule has 1 aromatic rings. The number of nitrogens with zero attached hydrogens (tertiary/aromatic N) is 2. The van der Waals surface area contributed by atoms with Crippen molar-refractivity contribution in [2.45, 2.75) is 70.1 Å². The van der Waals surface area contributed by atoms with Crippen molar-refractivity contribution >= 4 is 0 Å². The summed E-state index contributed by atoms with van der Waals surface area (Å²) in [5, 5.41) is 3.44. The molecular weight excluding hydrogens is 262 g/mol. The Labute approximate surface area is 126 Å². The van der Waals surface area contributed by atoms with Crippen LogP contribution in [0.1, 0.15) is 74.1 Å². The lowest BCUT2D eigenvalue weighted by molar-refractivity contribution is -0.0649. The second-order valence-corrected chi connectivity index (χ2v) is 7.14. The van der Waals surface area contributed by atoms with E-state index in [1.807, 2.05) is 7.11 Å². The average Bonchev–Trinajstić information content (AvgIpc) is 3.23. The third kappa shape index (κ3) is 2.29. The summed E-state index contributed by atoms with van der Waals surface area (Å²) in [7, 11) is 1.84. The SMILES string of the molecule is COC1(c2nc3c(c(C4CC4)n2)CNC3)CCCC(C)C1. The van der Waals surface area contributed by atoms with Gasteiger partial charge < -0.3 is 10.1 Å². The van der Waals surface area contributed by atoms with Crippen molar-refractivity contribution in [2.24, 2.45) is 5.92 Å². The zero-order valence-corrected chi connectivity index (χ0v) is 13.1. The van der Waals surface area contributed by atoms with Crippen molar-refractivity contribution in [2.75, 3.05) is 7.11 Å². The molecule has 0 aromatic carbocycles. The monoisotopic (exact) mass is 287 g/mol. The zero-order chi connectivity index (χ0) is 14.4. The summed E-state index contributed by atoms with van der Waals surface area (Å²) in [5.41, 5.74) is 3.65. The molecule has 0 bridgehead atoms. The molecule has 4 rings (SSSR count). The fraction of sp³-hybridized carbons (Fsp3) is 0.765. The maximum absolute atomic E-state index is 6.00. The Morgan fingerprint density at radius 2 is 2.05 bits per heavy atom. The molecule has 0 radical (unpaired) electrons. The fourth-order valence-corrected chi connectivity index (χ4v) is 4.08. The summed E-state index contributed by atoms with van der Waals surface area (Å²) < 4.78 is 6.00. The largest absolute Gasteiger partial charge is 0.370 e. The van der Waals surface area contributed by atoms with Crippen LogP contribution in [0.5, 0.6) is 0 Å². The van der Waals surface area contributed by atoms with Crippen LogP contribution in [0.3, 0.4) is 0 Å². The van der Waals surface area contributed by atoms with Crippen molar-refractivity contribution in [3.63, 3.8) is 0 Å². The molecule has 2 atom stereocenters. The molecule has 0 saturated heterocycles. The normalized spacial score (nSPS) is 32.2. The maximum Gasteiger partial charge on any atom is 0.160 e. The van der Waals surface area contributed by atoms with Gasteiger partial charge in [-0.3, -0.25) is 0 Å². The third-order valence-electron chi connectivity index (χ3n) is 5.44. The molecule has 2 unspecified atom stereocenters. The van der Waals surface area contributed by atoms with Crippen molar-refractivity contribution in [3.05, 3.63) is 22.8 Å². The second kappa shape index (κ2) is 5.03. The molecule has 3 aliphatic rings. The minimum Gasteiger partial charge on any atom is -0.370 e. The number of aromatic nitrogens is 2. The molecule has 4 nitrogen and oxygen atoms in total. The van der Waals surface area contributed by atoms with E-state index in [2.05, 4.69) is 12.2 Å². The van der Waals surface area contributed by atoms with E-state index in [-0.39, 0.29) is 5.60 Å². The summed E-state index contributed by atoms with van der Waals surface area (Å²) in [6.45, 7) is 4.15. The van der Waals surface area contributed by atoms with Crippen molar-refractivity contribution in [3.8, 4) is 0 Å². The lowest BCUT2D eigenvalue weighted by atomic mass is 9.78. The van der Waals surface area contributed by atoms with E-state index in [4.69, 9.17) is 14.7 Å². The highest BCUT2D eigenvalue weighted by atomic mass is 16.5. The van der Waals surface area contributed by atoms with Gasteiger partial charge in [0.15, 0.2) is 5.82 Å². The highest BCUT2D eigenvalue weighted by Crippen LogP contribution is 2.45. The molecule has 2 saturated carbocycles. The Balaban J connectivity index is 1.78. The molecule has 0 amide bonds. The Bertz CT molecular complexity index is 555. The zero-order valence-electron chi connectivity index (χ0n) is 13.1. The molecule has 0 spiro atoms. The summed E-state index contributed by atoms with van der Waals surface area (Å²) in [5.74, 6) is 2.33. The standard InChI is InChI=1S/C17H25N3O/c1-11-4-3-7-17(8-11,21-2)16-19-14-10-18-9-13(14)15(20-16)12-5-6-12/h11-12,18H,3-10H2,1-2H3. The van der Waals surface area contributed by atoms with Gasteiger partial charge in [0.25, 0.3) is 0 Å². The Morgan fingerprint density at radius 1 is 1.19 bits per heavy atom. The van der Waals surface area contributed by atoms with Gasteiger partial charge in [0.2, 0.25) is 0 Å². The van der Waals surface area contributed by atoms with Crippen LogP contribution in [0.4, 0.5) is 0 Å². The van der Waals surface area contributed by atoms with E-state index < -0.39 is 0 Å². The first-order valence-corrected chi connectivity index (χ1v) is 8.38. The van der Waals surface area contributed by atoms with Crippen LogP contribution in [0.15, 0.2) is 0 Å². The second-order valence-electron chi connectivity index (χ2n) is 7.14. The van der Waals surface area contributed by atoms with E-state index in [0.717, 1.165) is 31.8 Å². The van der Waals surface area contributed by atoms with Crippen LogP contribution >= 0.6 is 0 Å². The van der Waals surface area contributed by atoms with E-state index >= 15 is 0 Å². The predicted molar refractivity (Wildman–Crippen MR) is 80.9 cm³/mol. The van der Waals surface area contributed by atoms with Crippen molar-refractivity contribution in [1.82, 2.24) is 15.3 Å². The van der Waals surface area contributed by atoms with Crippen LogP contribution in [-0.4, -0.2) is 17.1 Å². The van der Waals surface area contributed by atoms with Crippen LogP contribution < -0.4 is 5.32 Å². The average molecular weight is 287 g/mol. The number of rotatable bonds is 3. The number of nitrogens with one attached hydrogen (secondary N) is 1. The van der Waals surface area contributed by atoms with Gasteiger partial charge in [-0.25, -0.2) is 9.97 Å². The Hall–Kier alpha value is -1.00. The summed E-state index contributed by atoms with van der Waals surface area (Å²) >= 11 is 0. The molecule has 2 fully saturated rings. The maximum atomic E-state index is 6.00. The van der Waals surface area contributed by atoms with E-state index in [9.17, 15) is 0 Å². The molecular formula is C17H25N3O. The van der Waals surface area contributed by atoms with Gasteiger partial charge in [-0.05, 0) is 38.0 Å². The van der Waals surface area contributed by atoms with E-state index in [1.165, 1.54) is 42.6 Å². The number of fused-ring (bicyclic) bond motifs is 1. The third-order valence-corrected chi connectivity index (χ3v) is 5.44. The van der Waals surface area contributed by atoms with Crippen LogP contribution in [-0.2, 0) is 23.4 Å². The van der Waals surface area contributed by atoms with Gasteiger partial charge in [-0.15, -0.1) is 0 Å². The van der Waals surface area contributed by atoms with E-state index in [1.54, 1.807) is 0 Å². The number of hydrogen-bond acceptors (Lipinski definition) is 4. The van der Waals surface area contributed by atoms with Gasteiger partial charge in [-0.1, -0.05) is 13.3 Å². The Kier molecular flexibility index (Phi) is 3.27. The summed E-state index contributed by atoms with van der Waals surface area (Å²) in [4.78, 5) is 9.96. The highest BCUT2D eigenvalue weighted by Gasteiger charge is 2.41. The summed E-state index contributed by atoms with van der Waals surface area (Å²) in [6.07, 6.45) is 7.21. The van der Waals surface area contributed by atoms with Gasteiger partial charge in [0, 0.05) is 31.7 Å². The number of hydrogen-bond donors (Lipinski definition) is 1. The molecule has 1 aliphatic heterocycles. The Morgan fingerprint density at radius 3 is 2.76 bits per heavy atom. The molecule has 21 heavy (non-hydrogen) atoms. The lowest BCUT2D eigenvalue weighted by Crippen LogP contribution is -2.36. The van der Waals surface area contributed by atoms with Gasteiger partial charge in [0.05, 0.1) is 11.4 Å². The lowest BCUT2D eigenvalue weighted by Gasteiger charge is -2.38. The topological polar surface area (TPSA) is 47.0 Å². The quantitative estimate of drug-likeness (QED) is 0.928. The van der Waals surface area contributed by atoms with Crippen LogP contribution in [0.25, 0.3) is 0 Å². The molecule has 2 heterocycles. The number of ether oxygens (including phenoxy) is 1. The van der Waals surface area contributed by atoms with Gasteiger partial charge in [-0.2, -0.15) is 0 Å². The van der Waals surface area contributed by atoms with Crippen LogP contribution in [0, 0.1) is 5.92 Å². The van der Waals surface area contributed by atoms with Crippen LogP contribution in [0.2, 0.25) is 0 Å².